The minimum absolute atomic E-state index is 0.0304. The van der Waals surface area contributed by atoms with Gasteiger partial charge in [-0.2, -0.15) is 0 Å². The fourth-order valence-electron chi connectivity index (χ4n) is 1.83. The molecule has 3 atom stereocenters. The Morgan fingerprint density at radius 1 is 1.32 bits per heavy atom. The van der Waals surface area contributed by atoms with Gasteiger partial charge in [-0.3, -0.25) is 4.79 Å². The molecule has 0 bridgehead atoms. The molecule has 22 heavy (non-hydrogen) atoms. The van der Waals surface area contributed by atoms with Crippen molar-refractivity contribution in [2.75, 3.05) is 0 Å². The first kappa shape index (κ1) is 21.3. The van der Waals surface area contributed by atoms with Crippen LogP contribution in [0.1, 0.15) is 41.5 Å². The molecule has 8 heteroatoms. The van der Waals surface area contributed by atoms with Crippen LogP contribution in [-0.4, -0.2) is 31.0 Å². The van der Waals surface area contributed by atoms with Gasteiger partial charge >= 0.3 is 0 Å². The number of hydrogen-bond acceptors (Lipinski definition) is 4. The van der Waals surface area contributed by atoms with Gasteiger partial charge in [-0.1, -0.05) is 39.7 Å². The van der Waals surface area contributed by atoms with E-state index in [-0.39, 0.29) is 16.4 Å². The first-order valence-electron chi connectivity index (χ1n) is 7.50. The lowest BCUT2D eigenvalue weighted by Gasteiger charge is -2.40. The van der Waals surface area contributed by atoms with Gasteiger partial charge in [-0.05, 0) is 35.8 Å². The summed E-state index contributed by atoms with van der Waals surface area (Å²) in [5.74, 6) is -1.13. The molecule has 6 nitrogen and oxygen atoms in total. The van der Waals surface area contributed by atoms with Crippen LogP contribution in [0.2, 0.25) is 18.1 Å². The van der Waals surface area contributed by atoms with Crippen LogP contribution in [0.5, 0.6) is 0 Å². The highest BCUT2D eigenvalue weighted by atomic mass is 32.2. The largest absolute Gasteiger partial charge is 0.413 e. The number of primary amides is 1. The topological polar surface area (TPSA) is 101 Å². The van der Waals surface area contributed by atoms with Gasteiger partial charge in [0, 0.05) is 4.91 Å². The monoisotopic (exact) mass is 346 g/mol. The summed E-state index contributed by atoms with van der Waals surface area (Å²) in [4.78, 5) is 14.8. The number of thioether (sulfide) groups is 1. The number of carbonyl (C=O) groups is 1. The van der Waals surface area contributed by atoms with Gasteiger partial charge in [0.15, 0.2) is 8.32 Å². The average molecular weight is 347 g/mol. The Hall–Kier alpha value is -0.693. The van der Waals surface area contributed by atoms with Gasteiger partial charge in [0.1, 0.15) is 0 Å². The first-order valence-corrected chi connectivity index (χ1v) is 11.4. The molecule has 0 radical (unpaired) electrons. The van der Waals surface area contributed by atoms with Gasteiger partial charge in [0.2, 0.25) is 5.91 Å². The second-order valence-corrected chi connectivity index (χ2v) is 13.7. The van der Waals surface area contributed by atoms with Crippen molar-refractivity contribution in [1.82, 2.24) is 0 Å². The predicted molar refractivity (Wildman–Crippen MR) is 96.1 cm³/mol. The predicted octanol–water partition coefficient (Wildman–Crippen LogP) is 4.28. The fraction of sp³-hybridized carbons (Fsp3) is 0.929. The zero-order valence-corrected chi connectivity index (χ0v) is 16.8. The van der Waals surface area contributed by atoms with E-state index in [0.29, 0.717) is 0 Å². The van der Waals surface area contributed by atoms with Crippen molar-refractivity contribution in [3.8, 4) is 0 Å². The third-order valence-corrected chi connectivity index (χ3v) is 9.79. The Labute approximate surface area is 139 Å². The highest BCUT2D eigenvalue weighted by Crippen LogP contribution is 2.39. The van der Waals surface area contributed by atoms with Gasteiger partial charge < -0.3 is 10.2 Å². The Morgan fingerprint density at radius 2 is 1.82 bits per heavy atom. The van der Waals surface area contributed by atoms with Gasteiger partial charge in [0.25, 0.3) is 0 Å². The average Bonchev–Trinajstić information content (AvgIpc) is 2.25. The number of carbonyl (C=O) groups excluding carboxylic acids is 1. The van der Waals surface area contributed by atoms with Crippen LogP contribution in [0.25, 0.3) is 10.4 Å². The minimum Gasteiger partial charge on any atom is -0.413 e. The van der Waals surface area contributed by atoms with E-state index in [0.717, 1.165) is 0 Å². The lowest BCUT2D eigenvalue weighted by molar-refractivity contribution is -0.124. The summed E-state index contributed by atoms with van der Waals surface area (Å²) in [5, 5.41) is 3.47. The number of nitrogens with two attached hydrogens (primary N) is 1. The maximum absolute atomic E-state index is 11.9. The third kappa shape index (κ3) is 6.20. The molecule has 0 saturated heterocycles. The number of azide groups is 1. The molecule has 0 aromatic rings. The Bertz CT molecular complexity index is 431. The van der Waals surface area contributed by atoms with Crippen molar-refractivity contribution in [2.24, 2.45) is 16.8 Å². The highest BCUT2D eigenvalue weighted by molar-refractivity contribution is 8.00. The summed E-state index contributed by atoms with van der Waals surface area (Å²) in [6, 6.07) is 0. The molecule has 0 aliphatic rings. The van der Waals surface area contributed by atoms with Crippen molar-refractivity contribution in [3.05, 3.63) is 10.4 Å². The van der Waals surface area contributed by atoms with Crippen LogP contribution in [0, 0.1) is 5.92 Å². The molecular weight excluding hydrogens is 316 g/mol. The van der Waals surface area contributed by atoms with Crippen LogP contribution in [0.3, 0.4) is 0 Å². The van der Waals surface area contributed by atoms with Crippen LogP contribution in [0.15, 0.2) is 5.11 Å². The molecule has 0 heterocycles. The van der Waals surface area contributed by atoms with Crippen molar-refractivity contribution in [3.63, 3.8) is 0 Å². The van der Waals surface area contributed by atoms with Crippen molar-refractivity contribution in [2.45, 2.75) is 76.4 Å². The van der Waals surface area contributed by atoms with Crippen molar-refractivity contribution >= 4 is 26.0 Å². The second kappa shape index (κ2) is 8.24. The smallest absolute Gasteiger partial charge is 0.224 e. The zero-order chi connectivity index (χ0) is 17.7. The Balaban J connectivity index is 5.39. The van der Waals surface area contributed by atoms with E-state index in [4.69, 9.17) is 15.7 Å². The van der Waals surface area contributed by atoms with Crippen molar-refractivity contribution in [1.29, 1.82) is 0 Å². The molecule has 1 amide bonds. The van der Waals surface area contributed by atoms with E-state index in [1.54, 1.807) is 0 Å². The summed E-state index contributed by atoms with van der Waals surface area (Å²) >= 11 is 1.44. The lowest BCUT2D eigenvalue weighted by Crippen LogP contribution is -2.49. The molecule has 128 valence electrons. The van der Waals surface area contributed by atoms with Crippen LogP contribution < -0.4 is 5.73 Å². The van der Waals surface area contributed by atoms with Gasteiger partial charge in [0.05, 0.1) is 17.4 Å². The van der Waals surface area contributed by atoms with Crippen LogP contribution in [0.4, 0.5) is 0 Å². The lowest BCUT2D eigenvalue weighted by atomic mass is 10.0. The summed E-state index contributed by atoms with van der Waals surface area (Å²) < 4.78 is 6.28. The maximum atomic E-state index is 11.9. The Kier molecular flexibility index (Phi) is 7.98. The van der Waals surface area contributed by atoms with Gasteiger partial charge in [-0.25, -0.2) is 0 Å². The molecule has 0 aromatic carbocycles. The van der Waals surface area contributed by atoms with Gasteiger partial charge in [-0.15, -0.1) is 11.8 Å². The van der Waals surface area contributed by atoms with E-state index in [9.17, 15) is 4.79 Å². The molecule has 1 unspecified atom stereocenters. The molecule has 0 saturated carbocycles. The normalized spacial score (nSPS) is 16.8. The second-order valence-electron chi connectivity index (χ2n) is 7.29. The van der Waals surface area contributed by atoms with E-state index < -0.39 is 25.5 Å². The summed E-state index contributed by atoms with van der Waals surface area (Å²) in [5.41, 5.74) is 14.4. The molecule has 0 aliphatic carbocycles. The fourth-order valence-corrected chi connectivity index (χ4v) is 4.44. The summed E-state index contributed by atoms with van der Waals surface area (Å²) in [6.45, 7) is 16.5. The SMILES string of the molecule is CC(C)SC(N=[N+]=[N-])[C@H](C(N)=O)[C@@H](C)O[Si](C)(C)C(C)(C)C. The number of amides is 1. The molecular formula is C14H30N4O2SSi. The zero-order valence-electron chi connectivity index (χ0n) is 15.0. The van der Waals surface area contributed by atoms with E-state index in [1.807, 2.05) is 20.8 Å². The highest BCUT2D eigenvalue weighted by Gasteiger charge is 2.42. The standard InChI is InChI=1S/C14H30N4O2SSi/c1-9(2)21-13(17-18-16)11(12(15)19)10(3)20-22(7,8)14(4,5)6/h9-11,13H,1-8H3,(H2,15,19)/t10-,11+,13?/m1/s1. The molecule has 0 spiro atoms. The number of rotatable bonds is 8. The van der Waals surface area contributed by atoms with E-state index in [2.05, 4.69) is 43.9 Å². The summed E-state index contributed by atoms with van der Waals surface area (Å²) in [7, 11) is -2.04. The van der Waals surface area contributed by atoms with E-state index >= 15 is 0 Å². The molecule has 0 aliphatic heterocycles. The van der Waals surface area contributed by atoms with E-state index in [1.165, 1.54) is 11.8 Å². The molecule has 0 fully saturated rings. The summed E-state index contributed by atoms with van der Waals surface area (Å²) in [6.07, 6.45) is -0.389. The minimum atomic E-state index is -2.04. The van der Waals surface area contributed by atoms with Crippen LogP contribution >= 0.6 is 11.8 Å². The molecule has 0 rings (SSSR count). The molecule has 0 aromatic heterocycles. The van der Waals surface area contributed by atoms with Crippen LogP contribution in [-0.2, 0) is 9.22 Å². The third-order valence-electron chi connectivity index (χ3n) is 4.01. The number of hydrogen-bond donors (Lipinski definition) is 1. The quantitative estimate of drug-likeness (QED) is 0.307. The Morgan fingerprint density at radius 3 is 2.14 bits per heavy atom. The first-order chi connectivity index (χ1) is 9.83. The number of nitrogens with zero attached hydrogens (tertiary/aromatic N) is 3. The van der Waals surface area contributed by atoms with Crippen molar-refractivity contribution < 1.29 is 9.22 Å². The maximum Gasteiger partial charge on any atom is 0.224 e. The molecule has 2 N–H and O–H groups in total.